The van der Waals surface area contributed by atoms with Crippen LogP contribution in [0.2, 0.25) is 0 Å². The van der Waals surface area contributed by atoms with E-state index in [2.05, 4.69) is 27.3 Å². The van der Waals surface area contributed by atoms with Crippen LogP contribution in [0.15, 0.2) is 22.7 Å². The van der Waals surface area contributed by atoms with Crippen molar-refractivity contribution in [3.05, 3.63) is 28.2 Å². The Bertz CT molecular complexity index is 349. The van der Waals surface area contributed by atoms with Gasteiger partial charge >= 0.3 is 0 Å². The molecule has 1 aromatic rings. The lowest BCUT2D eigenvalue weighted by molar-refractivity contribution is 0.195. The van der Waals surface area contributed by atoms with Crippen molar-refractivity contribution in [3.8, 4) is 0 Å². The molecular formula is C11H13BrFN. The quantitative estimate of drug-likeness (QED) is 0.750. The molecule has 0 saturated heterocycles. The van der Waals surface area contributed by atoms with Crippen molar-refractivity contribution in [2.24, 2.45) is 0 Å². The van der Waals surface area contributed by atoms with Crippen LogP contribution in [-0.2, 0) is 6.42 Å². The first-order chi connectivity index (χ1) is 6.57. The van der Waals surface area contributed by atoms with Gasteiger partial charge in [0.15, 0.2) is 0 Å². The smallest absolute Gasteiger partial charge is 0.125 e. The SMILES string of the molecule is CC1(F)CCc2cc(Br)ccc2NC1. The highest BCUT2D eigenvalue weighted by Crippen LogP contribution is 2.29. The summed E-state index contributed by atoms with van der Waals surface area (Å²) >= 11 is 3.42. The maximum absolute atomic E-state index is 13.7. The molecule has 1 aliphatic rings. The zero-order chi connectivity index (χ0) is 10.2. The number of hydrogen-bond acceptors (Lipinski definition) is 1. The molecule has 1 unspecified atom stereocenters. The van der Waals surface area contributed by atoms with Crippen LogP contribution in [0.3, 0.4) is 0 Å². The Morgan fingerprint density at radius 3 is 3.07 bits per heavy atom. The summed E-state index contributed by atoms with van der Waals surface area (Å²) in [6, 6.07) is 6.04. The van der Waals surface area contributed by atoms with E-state index in [1.807, 2.05) is 12.1 Å². The third-order valence-electron chi connectivity index (χ3n) is 2.63. The van der Waals surface area contributed by atoms with Gasteiger partial charge in [-0.05, 0) is 43.5 Å². The molecule has 0 radical (unpaired) electrons. The maximum Gasteiger partial charge on any atom is 0.125 e. The summed E-state index contributed by atoms with van der Waals surface area (Å²) in [4.78, 5) is 0. The van der Waals surface area contributed by atoms with E-state index in [0.29, 0.717) is 13.0 Å². The molecular weight excluding hydrogens is 245 g/mol. The van der Waals surface area contributed by atoms with Crippen LogP contribution in [-0.4, -0.2) is 12.2 Å². The molecule has 14 heavy (non-hydrogen) atoms. The molecule has 1 nitrogen and oxygen atoms in total. The van der Waals surface area contributed by atoms with Gasteiger partial charge in [0.2, 0.25) is 0 Å². The van der Waals surface area contributed by atoms with Crippen molar-refractivity contribution in [1.82, 2.24) is 0 Å². The van der Waals surface area contributed by atoms with E-state index >= 15 is 0 Å². The number of fused-ring (bicyclic) bond motifs is 1. The van der Waals surface area contributed by atoms with Crippen LogP contribution < -0.4 is 5.32 Å². The van der Waals surface area contributed by atoms with Gasteiger partial charge in [-0.1, -0.05) is 15.9 Å². The molecule has 1 aromatic carbocycles. The minimum absolute atomic E-state index is 0.404. The number of hydrogen-bond donors (Lipinski definition) is 1. The Labute approximate surface area is 91.8 Å². The van der Waals surface area contributed by atoms with Gasteiger partial charge in [0, 0.05) is 16.7 Å². The third-order valence-corrected chi connectivity index (χ3v) is 3.12. The highest BCUT2D eigenvalue weighted by atomic mass is 79.9. The molecule has 0 fully saturated rings. The van der Waals surface area contributed by atoms with Crippen LogP contribution in [0.1, 0.15) is 18.9 Å². The van der Waals surface area contributed by atoms with E-state index in [4.69, 9.17) is 0 Å². The highest BCUT2D eigenvalue weighted by molar-refractivity contribution is 9.10. The largest absolute Gasteiger partial charge is 0.382 e. The number of alkyl halides is 1. The molecule has 1 heterocycles. The van der Waals surface area contributed by atoms with Gasteiger partial charge in [0.1, 0.15) is 5.67 Å². The van der Waals surface area contributed by atoms with Crippen molar-refractivity contribution in [2.75, 3.05) is 11.9 Å². The van der Waals surface area contributed by atoms with Crippen LogP contribution >= 0.6 is 15.9 Å². The predicted octanol–water partition coefficient (Wildman–Crippen LogP) is 3.54. The molecule has 0 bridgehead atoms. The summed E-state index contributed by atoms with van der Waals surface area (Å²) in [5.41, 5.74) is 1.17. The van der Waals surface area contributed by atoms with Gasteiger partial charge < -0.3 is 5.32 Å². The minimum Gasteiger partial charge on any atom is -0.382 e. The number of anilines is 1. The second kappa shape index (κ2) is 3.54. The van der Waals surface area contributed by atoms with Gasteiger partial charge in [0.05, 0.1) is 0 Å². The average molecular weight is 258 g/mol. The van der Waals surface area contributed by atoms with Gasteiger partial charge in [-0.3, -0.25) is 0 Å². The lowest BCUT2D eigenvalue weighted by Crippen LogP contribution is -2.26. The number of aryl methyl sites for hydroxylation is 1. The molecule has 0 aliphatic carbocycles. The summed E-state index contributed by atoms with van der Waals surface area (Å²) in [5.74, 6) is 0. The first kappa shape index (κ1) is 9.97. The van der Waals surface area contributed by atoms with Crippen molar-refractivity contribution >= 4 is 21.6 Å². The van der Waals surface area contributed by atoms with E-state index in [-0.39, 0.29) is 0 Å². The first-order valence-electron chi connectivity index (χ1n) is 4.78. The Kier molecular flexibility index (Phi) is 2.52. The molecule has 1 aliphatic heterocycles. The monoisotopic (exact) mass is 257 g/mol. The molecule has 0 amide bonds. The predicted molar refractivity (Wildman–Crippen MR) is 60.5 cm³/mol. The minimum atomic E-state index is -1.09. The number of benzene rings is 1. The standard InChI is InChI=1S/C11H13BrFN/c1-11(13)5-4-8-6-9(12)2-3-10(8)14-7-11/h2-3,6,14H,4-5,7H2,1H3. The Balaban J connectivity index is 2.30. The van der Waals surface area contributed by atoms with Gasteiger partial charge in [0.25, 0.3) is 0 Å². The van der Waals surface area contributed by atoms with Crippen LogP contribution in [0.25, 0.3) is 0 Å². The lowest BCUT2D eigenvalue weighted by atomic mass is 10.0. The fraction of sp³-hybridized carbons (Fsp3) is 0.455. The fourth-order valence-electron chi connectivity index (χ4n) is 1.70. The van der Waals surface area contributed by atoms with Crippen molar-refractivity contribution in [3.63, 3.8) is 0 Å². The molecule has 0 spiro atoms. The Hall–Kier alpha value is -0.570. The second-order valence-electron chi connectivity index (χ2n) is 4.07. The van der Waals surface area contributed by atoms with Crippen molar-refractivity contribution in [2.45, 2.75) is 25.4 Å². The first-order valence-corrected chi connectivity index (χ1v) is 5.57. The molecule has 1 atom stereocenters. The van der Waals surface area contributed by atoms with E-state index in [9.17, 15) is 4.39 Å². The van der Waals surface area contributed by atoms with Gasteiger partial charge in [-0.25, -0.2) is 4.39 Å². The number of rotatable bonds is 0. The summed E-state index contributed by atoms with van der Waals surface area (Å²) < 4.78 is 14.8. The molecule has 76 valence electrons. The van der Waals surface area contributed by atoms with Gasteiger partial charge in [-0.15, -0.1) is 0 Å². The van der Waals surface area contributed by atoms with Crippen molar-refractivity contribution < 1.29 is 4.39 Å². The van der Waals surface area contributed by atoms with E-state index in [1.54, 1.807) is 6.92 Å². The van der Waals surface area contributed by atoms with Crippen molar-refractivity contribution in [1.29, 1.82) is 0 Å². The normalized spacial score (nSPS) is 26.2. The molecule has 0 aromatic heterocycles. The number of nitrogens with one attached hydrogen (secondary N) is 1. The Morgan fingerprint density at radius 1 is 1.50 bits per heavy atom. The summed E-state index contributed by atoms with van der Waals surface area (Å²) in [5, 5.41) is 3.15. The van der Waals surface area contributed by atoms with E-state index < -0.39 is 5.67 Å². The zero-order valence-corrected chi connectivity index (χ0v) is 9.70. The van der Waals surface area contributed by atoms with Crippen LogP contribution in [0, 0.1) is 0 Å². The van der Waals surface area contributed by atoms with Gasteiger partial charge in [-0.2, -0.15) is 0 Å². The Morgan fingerprint density at radius 2 is 2.29 bits per heavy atom. The zero-order valence-electron chi connectivity index (χ0n) is 8.11. The topological polar surface area (TPSA) is 12.0 Å². The summed E-state index contributed by atoms with van der Waals surface area (Å²) in [7, 11) is 0. The van der Waals surface area contributed by atoms with E-state index in [1.165, 1.54) is 5.56 Å². The highest BCUT2D eigenvalue weighted by Gasteiger charge is 2.26. The lowest BCUT2D eigenvalue weighted by Gasteiger charge is -2.17. The fourth-order valence-corrected chi connectivity index (χ4v) is 2.11. The molecule has 3 heteroatoms. The number of halogens is 2. The average Bonchev–Trinajstić information content (AvgIpc) is 2.26. The molecule has 2 rings (SSSR count). The molecule has 0 saturated carbocycles. The molecule has 1 N–H and O–H groups in total. The summed E-state index contributed by atoms with van der Waals surface area (Å²) in [6.45, 7) is 2.06. The second-order valence-corrected chi connectivity index (χ2v) is 4.98. The van der Waals surface area contributed by atoms with Crippen LogP contribution in [0.5, 0.6) is 0 Å². The summed E-state index contributed by atoms with van der Waals surface area (Å²) in [6.07, 6.45) is 1.39. The third kappa shape index (κ3) is 2.08. The maximum atomic E-state index is 13.7. The van der Waals surface area contributed by atoms with E-state index in [0.717, 1.165) is 16.6 Å². The van der Waals surface area contributed by atoms with Crippen LogP contribution in [0.4, 0.5) is 10.1 Å².